The van der Waals surface area contributed by atoms with Crippen LogP contribution in [0.3, 0.4) is 0 Å². The summed E-state index contributed by atoms with van der Waals surface area (Å²) < 4.78 is 5.48. The number of amides is 2. The SMILES string of the molecule is CCOc1c(Cl)cccc1NC(=O)[C@@H]1CCCN1C(C)=O. The van der Waals surface area contributed by atoms with Gasteiger partial charge in [-0.3, -0.25) is 9.59 Å². The first-order valence-corrected chi connectivity index (χ1v) is 7.41. The average molecular weight is 311 g/mol. The van der Waals surface area contributed by atoms with Gasteiger partial charge in [0.2, 0.25) is 11.8 Å². The van der Waals surface area contributed by atoms with E-state index < -0.39 is 6.04 Å². The fourth-order valence-corrected chi connectivity index (χ4v) is 2.76. The molecule has 0 radical (unpaired) electrons. The maximum Gasteiger partial charge on any atom is 0.247 e. The Balaban J connectivity index is 2.16. The summed E-state index contributed by atoms with van der Waals surface area (Å²) in [5, 5.41) is 3.27. The van der Waals surface area contributed by atoms with E-state index in [1.54, 1.807) is 23.1 Å². The Labute approximate surface area is 129 Å². The van der Waals surface area contributed by atoms with Crippen LogP contribution in [0, 0.1) is 0 Å². The quantitative estimate of drug-likeness (QED) is 0.930. The summed E-state index contributed by atoms with van der Waals surface area (Å²) in [6.45, 7) is 4.41. The molecule has 1 aliphatic rings. The molecule has 114 valence electrons. The predicted molar refractivity (Wildman–Crippen MR) is 81.7 cm³/mol. The lowest BCUT2D eigenvalue weighted by Gasteiger charge is -2.23. The van der Waals surface area contributed by atoms with Crippen LogP contribution in [-0.4, -0.2) is 35.9 Å². The molecule has 1 atom stereocenters. The van der Waals surface area contributed by atoms with E-state index in [0.717, 1.165) is 6.42 Å². The minimum absolute atomic E-state index is 0.0798. The van der Waals surface area contributed by atoms with E-state index in [1.807, 2.05) is 6.92 Å². The number of anilines is 1. The van der Waals surface area contributed by atoms with Crippen molar-refractivity contribution in [3.63, 3.8) is 0 Å². The average Bonchev–Trinajstić information content (AvgIpc) is 2.92. The highest BCUT2D eigenvalue weighted by molar-refractivity contribution is 6.32. The van der Waals surface area contributed by atoms with Crippen LogP contribution in [0.15, 0.2) is 18.2 Å². The highest BCUT2D eigenvalue weighted by Crippen LogP contribution is 2.33. The number of likely N-dealkylation sites (tertiary alicyclic amines) is 1. The summed E-state index contributed by atoms with van der Waals surface area (Å²) in [4.78, 5) is 25.5. The Kier molecular flexibility index (Phi) is 5.07. The van der Waals surface area contributed by atoms with Crippen molar-refractivity contribution in [1.29, 1.82) is 0 Å². The molecule has 2 amide bonds. The minimum Gasteiger partial charge on any atom is -0.490 e. The number of nitrogens with zero attached hydrogens (tertiary/aromatic N) is 1. The Bertz CT molecular complexity index is 548. The summed E-state index contributed by atoms with van der Waals surface area (Å²) in [6, 6.07) is 4.77. The van der Waals surface area contributed by atoms with E-state index in [2.05, 4.69) is 5.32 Å². The molecular formula is C15H19ClN2O3. The maximum atomic E-state index is 12.4. The lowest BCUT2D eigenvalue weighted by Crippen LogP contribution is -2.42. The molecule has 6 heteroatoms. The van der Waals surface area contributed by atoms with E-state index in [1.165, 1.54) is 6.92 Å². The highest BCUT2D eigenvalue weighted by atomic mass is 35.5. The van der Waals surface area contributed by atoms with E-state index >= 15 is 0 Å². The third kappa shape index (κ3) is 3.47. The molecule has 0 aromatic heterocycles. The molecule has 2 rings (SSSR count). The lowest BCUT2D eigenvalue weighted by atomic mass is 10.2. The van der Waals surface area contributed by atoms with Gasteiger partial charge in [-0.1, -0.05) is 17.7 Å². The van der Waals surface area contributed by atoms with Gasteiger partial charge in [0.1, 0.15) is 6.04 Å². The van der Waals surface area contributed by atoms with Crippen LogP contribution in [0.25, 0.3) is 0 Å². The molecule has 0 unspecified atom stereocenters. The number of halogens is 1. The van der Waals surface area contributed by atoms with Crippen molar-refractivity contribution in [1.82, 2.24) is 4.90 Å². The third-order valence-corrected chi connectivity index (χ3v) is 3.77. The molecule has 0 saturated carbocycles. The standard InChI is InChI=1S/C15H19ClN2O3/c1-3-21-14-11(16)6-4-7-12(14)17-15(20)13-8-5-9-18(13)10(2)19/h4,6-7,13H,3,5,8-9H2,1-2H3,(H,17,20)/t13-/m0/s1. The van der Waals surface area contributed by atoms with Gasteiger partial charge in [0.25, 0.3) is 0 Å². The fraction of sp³-hybridized carbons (Fsp3) is 0.467. The van der Waals surface area contributed by atoms with Gasteiger partial charge in [0.15, 0.2) is 5.75 Å². The summed E-state index contributed by atoms with van der Waals surface area (Å²) >= 11 is 6.09. The Morgan fingerprint density at radius 1 is 1.48 bits per heavy atom. The van der Waals surface area contributed by atoms with Gasteiger partial charge >= 0.3 is 0 Å². The Morgan fingerprint density at radius 2 is 2.24 bits per heavy atom. The van der Waals surface area contributed by atoms with E-state index in [-0.39, 0.29) is 11.8 Å². The lowest BCUT2D eigenvalue weighted by molar-refractivity contribution is -0.134. The van der Waals surface area contributed by atoms with Gasteiger partial charge in [-0.15, -0.1) is 0 Å². The summed E-state index contributed by atoms with van der Waals surface area (Å²) in [5.74, 6) is 0.178. The number of nitrogens with one attached hydrogen (secondary N) is 1. The number of benzene rings is 1. The zero-order valence-corrected chi connectivity index (χ0v) is 12.9. The first-order chi connectivity index (χ1) is 10.0. The van der Waals surface area contributed by atoms with Gasteiger partial charge < -0.3 is 15.0 Å². The van der Waals surface area contributed by atoms with E-state index in [0.29, 0.717) is 36.0 Å². The second-order valence-electron chi connectivity index (χ2n) is 4.91. The molecule has 1 saturated heterocycles. The van der Waals surface area contributed by atoms with Crippen molar-refractivity contribution in [2.24, 2.45) is 0 Å². The molecule has 1 aromatic rings. The predicted octanol–water partition coefficient (Wildman–Crippen LogP) is 2.69. The van der Waals surface area contributed by atoms with Crippen LogP contribution in [-0.2, 0) is 9.59 Å². The number of para-hydroxylation sites is 1. The largest absolute Gasteiger partial charge is 0.490 e. The molecule has 1 aromatic carbocycles. The van der Waals surface area contributed by atoms with E-state index in [9.17, 15) is 9.59 Å². The van der Waals surface area contributed by atoms with Gasteiger partial charge in [-0.2, -0.15) is 0 Å². The minimum atomic E-state index is -0.420. The molecule has 0 spiro atoms. The summed E-state index contributed by atoms with van der Waals surface area (Å²) in [6.07, 6.45) is 1.52. The van der Waals surface area contributed by atoms with Crippen molar-refractivity contribution in [2.45, 2.75) is 32.7 Å². The second-order valence-corrected chi connectivity index (χ2v) is 5.32. The number of ether oxygens (including phenoxy) is 1. The van der Waals surface area contributed by atoms with E-state index in [4.69, 9.17) is 16.3 Å². The first kappa shape index (κ1) is 15.6. The Morgan fingerprint density at radius 3 is 2.90 bits per heavy atom. The van der Waals surface area contributed by atoms with Gasteiger partial charge in [-0.25, -0.2) is 0 Å². The van der Waals surface area contributed by atoms with Crippen molar-refractivity contribution < 1.29 is 14.3 Å². The van der Waals surface area contributed by atoms with Crippen LogP contribution in [0.1, 0.15) is 26.7 Å². The van der Waals surface area contributed by atoms with Gasteiger partial charge in [0, 0.05) is 13.5 Å². The van der Waals surface area contributed by atoms with Crippen molar-refractivity contribution >= 4 is 29.1 Å². The zero-order chi connectivity index (χ0) is 15.4. The first-order valence-electron chi connectivity index (χ1n) is 7.04. The molecule has 5 nitrogen and oxygen atoms in total. The third-order valence-electron chi connectivity index (χ3n) is 3.47. The van der Waals surface area contributed by atoms with Crippen LogP contribution in [0.4, 0.5) is 5.69 Å². The molecule has 0 bridgehead atoms. The smallest absolute Gasteiger partial charge is 0.247 e. The zero-order valence-electron chi connectivity index (χ0n) is 12.2. The number of hydrogen-bond donors (Lipinski definition) is 1. The molecule has 1 fully saturated rings. The number of carbonyl (C=O) groups excluding carboxylic acids is 2. The summed E-state index contributed by atoms with van der Waals surface area (Å²) in [5.41, 5.74) is 0.532. The highest BCUT2D eigenvalue weighted by Gasteiger charge is 2.32. The van der Waals surface area contributed by atoms with Crippen LogP contribution in [0.5, 0.6) is 5.75 Å². The fourth-order valence-electron chi connectivity index (χ4n) is 2.53. The van der Waals surface area contributed by atoms with Gasteiger partial charge in [0.05, 0.1) is 17.3 Å². The molecule has 1 aliphatic heterocycles. The topological polar surface area (TPSA) is 58.6 Å². The van der Waals surface area contributed by atoms with Crippen LogP contribution in [0.2, 0.25) is 5.02 Å². The van der Waals surface area contributed by atoms with Crippen molar-refractivity contribution in [3.05, 3.63) is 23.2 Å². The molecule has 1 heterocycles. The number of rotatable bonds is 4. The second kappa shape index (κ2) is 6.80. The summed E-state index contributed by atoms with van der Waals surface area (Å²) in [7, 11) is 0. The monoisotopic (exact) mass is 310 g/mol. The normalized spacial score (nSPS) is 17.7. The molecule has 0 aliphatic carbocycles. The van der Waals surface area contributed by atoms with Gasteiger partial charge in [-0.05, 0) is 31.9 Å². The van der Waals surface area contributed by atoms with Crippen molar-refractivity contribution in [2.75, 3.05) is 18.5 Å². The molecule has 1 N–H and O–H groups in total. The molecular weight excluding hydrogens is 292 g/mol. The number of hydrogen-bond acceptors (Lipinski definition) is 3. The maximum absolute atomic E-state index is 12.4. The van der Waals surface area contributed by atoms with Crippen molar-refractivity contribution in [3.8, 4) is 5.75 Å². The van der Waals surface area contributed by atoms with Crippen LogP contribution >= 0.6 is 11.6 Å². The van der Waals surface area contributed by atoms with Crippen LogP contribution < -0.4 is 10.1 Å². The Hall–Kier alpha value is -1.75. The number of carbonyl (C=O) groups is 2. The molecule has 21 heavy (non-hydrogen) atoms.